The number of hydrogen-bond acceptors (Lipinski definition) is 8. The monoisotopic (exact) mass is 464 g/mol. The molecule has 9 nitrogen and oxygen atoms in total. The van der Waals surface area contributed by atoms with Crippen molar-refractivity contribution in [3.05, 3.63) is 57.1 Å². The van der Waals surface area contributed by atoms with Gasteiger partial charge in [0.15, 0.2) is 0 Å². The van der Waals surface area contributed by atoms with Crippen molar-refractivity contribution in [2.45, 2.75) is 5.22 Å². The number of ether oxygens (including phenoxy) is 1. The van der Waals surface area contributed by atoms with Gasteiger partial charge in [0.2, 0.25) is 11.8 Å². The van der Waals surface area contributed by atoms with E-state index in [9.17, 15) is 14.9 Å². The van der Waals surface area contributed by atoms with E-state index in [1.165, 1.54) is 25.3 Å². The van der Waals surface area contributed by atoms with Crippen LogP contribution in [-0.4, -0.2) is 33.9 Å². The molecular formula is C17H13BrN4O5S. The normalized spacial score (nSPS) is 10.5. The van der Waals surface area contributed by atoms with Gasteiger partial charge < -0.3 is 14.5 Å². The lowest BCUT2D eigenvalue weighted by Gasteiger charge is -2.09. The molecule has 0 saturated heterocycles. The Morgan fingerprint density at radius 1 is 1.29 bits per heavy atom. The molecule has 3 aromatic rings. The second-order valence-electron chi connectivity index (χ2n) is 5.36. The van der Waals surface area contributed by atoms with Gasteiger partial charge in [0.1, 0.15) is 5.75 Å². The maximum absolute atomic E-state index is 12.2. The Bertz CT molecular complexity index is 1010. The minimum absolute atomic E-state index is 0.0160. The molecule has 0 saturated carbocycles. The first-order chi connectivity index (χ1) is 13.5. The number of amides is 1. The average Bonchev–Trinajstić information content (AvgIpc) is 3.16. The Morgan fingerprint density at radius 2 is 2.04 bits per heavy atom. The molecule has 0 aliphatic carbocycles. The number of nitro benzene ring substituents is 1. The molecule has 1 amide bonds. The smallest absolute Gasteiger partial charge is 0.277 e. The fraction of sp³-hybridized carbons (Fsp3) is 0.118. The van der Waals surface area contributed by atoms with E-state index in [0.717, 1.165) is 21.8 Å². The standard InChI is InChI=1S/C17H13BrN4O5S/c1-26-14-8-12(22(24)25)6-7-13(14)19-15(23)9-28-17-21-20-16(27-17)10-2-4-11(18)5-3-10/h2-8H,9H2,1H3,(H,19,23). The summed E-state index contributed by atoms with van der Waals surface area (Å²) in [6, 6.07) is 11.3. The summed E-state index contributed by atoms with van der Waals surface area (Å²) in [6.07, 6.45) is 0. The van der Waals surface area contributed by atoms with Gasteiger partial charge in [0.25, 0.3) is 10.9 Å². The third kappa shape index (κ3) is 4.87. The minimum Gasteiger partial charge on any atom is -0.494 e. The van der Waals surface area contributed by atoms with Gasteiger partial charge in [0, 0.05) is 16.1 Å². The minimum atomic E-state index is -0.539. The van der Waals surface area contributed by atoms with Crippen LogP contribution in [0.1, 0.15) is 0 Å². The van der Waals surface area contributed by atoms with E-state index in [1.54, 1.807) is 0 Å². The number of thioether (sulfide) groups is 1. The summed E-state index contributed by atoms with van der Waals surface area (Å²) in [4.78, 5) is 22.4. The number of methoxy groups -OCH3 is 1. The van der Waals surface area contributed by atoms with Crippen molar-refractivity contribution in [3.63, 3.8) is 0 Å². The van der Waals surface area contributed by atoms with E-state index in [2.05, 4.69) is 31.4 Å². The molecule has 1 heterocycles. The number of carbonyl (C=O) groups excluding carboxylic acids is 1. The summed E-state index contributed by atoms with van der Waals surface area (Å²) in [7, 11) is 1.37. The van der Waals surface area contributed by atoms with E-state index in [0.29, 0.717) is 11.6 Å². The van der Waals surface area contributed by atoms with E-state index in [4.69, 9.17) is 9.15 Å². The van der Waals surface area contributed by atoms with Crippen molar-refractivity contribution in [1.29, 1.82) is 0 Å². The number of rotatable bonds is 7. The average molecular weight is 465 g/mol. The third-order valence-electron chi connectivity index (χ3n) is 3.49. The van der Waals surface area contributed by atoms with Gasteiger partial charge in [-0.3, -0.25) is 14.9 Å². The van der Waals surface area contributed by atoms with Crippen molar-refractivity contribution >= 4 is 45.0 Å². The third-order valence-corrected chi connectivity index (χ3v) is 4.84. The molecular weight excluding hydrogens is 452 g/mol. The highest BCUT2D eigenvalue weighted by atomic mass is 79.9. The summed E-state index contributed by atoms with van der Waals surface area (Å²) < 4.78 is 11.6. The maximum atomic E-state index is 12.2. The Labute approximate surface area is 171 Å². The van der Waals surface area contributed by atoms with Crippen LogP contribution in [0.25, 0.3) is 11.5 Å². The molecule has 0 atom stereocenters. The molecule has 144 valence electrons. The van der Waals surface area contributed by atoms with E-state index < -0.39 is 4.92 Å². The Balaban J connectivity index is 1.60. The van der Waals surface area contributed by atoms with Crippen molar-refractivity contribution in [2.24, 2.45) is 0 Å². The predicted molar refractivity (Wildman–Crippen MR) is 106 cm³/mol. The van der Waals surface area contributed by atoms with Crippen molar-refractivity contribution in [3.8, 4) is 17.2 Å². The molecule has 0 radical (unpaired) electrons. The van der Waals surface area contributed by atoms with Gasteiger partial charge >= 0.3 is 0 Å². The van der Waals surface area contributed by atoms with Crippen LogP contribution < -0.4 is 10.1 Å². The summed E-state index contributed by atoms with van der Waals surface area (Å²) >= 11 is 4.43. The molecule has 0 aliphatic rings. The lowest BCUT2D eigenvalue weighted by molar-refractivity contribution is -0.384. The number of halogens is 1. The van der Waals surface area contributed by atoms with Crippen LogP contribution in [0, 0.1) is 10.1 Å². The number of nitrogens with zero attached hydrogens (tertiary/aromatic N) is 3. The molecule has 1 N–H and O–H groups in total. The molecule has 3 rings (SSSR count). The number of anilines is 1. The quantitative estimate of drug-likeness (QED) is 0.314. The number of carbonyl (C=O) groups is 1. The molecule has 0 fully saturated rings. The zero-order valence-electron chi connectivity index (χ0n) is 14.4. The maximum Gasteiger partial charge on any atom is 0.277 e. The van der Waals surface area contributed by atoms with Crippen LogP contribution in [0.3, 0.4) is 0 Å². The van der Waals surface area contributed by atoms with Gasteiger partial charge in [-0.15, -0.1) is 10.2 Å². The molecule has 2 aromatic carbocycles. The highest BCUT2D eigenvalue weighted by Gasteiger charge is 2.15. The van der Waals surface area contributed by atoms with Gasteiger partial charge in [-0.05, 0) is 30.3 Å². The van der Waals surface area contributed by atoms with Crippen LogP contribution in [0.5, 0.6) is 5.75 Å². The van der Waals surface area contributed by atoms with E-state index in [-0.39, 0.29) is 28.3 Å². The van der Waals surface area contributed by atoms with E-state index >= 15 is 0 Å². The van der Waals surface area contributed by atoms with Crippen molar-refractivity contribution in [2.75, 3.05) is 18.2 Å². The van der Waals surface area contributed by atoms with Crippen LogP contribution in [-0.2, 0) is 4.79 Å². The Kier molecular flexibility index (Phi) is 6.26. The molecule has 11 heteroatoms. The van der Waals surface area contributed by atoms with Crippen LogP contribution >= 0.6 is 27.7 Å². The number of nitro groups is 1. The second-order valence-corrected chi connectivity index (χ2v) is 7.20. The second kappa shape index (κ2) is 8.85. The van der Waals surface area contributed by atoms with Crippen molar-refractivity contribution < 1.29 is 18.9 Å². The fourth-order valence-electron chi connectivity index (χ4n) is 2.19. The van der Waals surface area contributed by atoms with Gasteiger partial charge in [-0.2, -0.15) is 0 Å². The van der Waals surface area contributed by atoms with Crippen LogP contribution in [0.4, 0.5) is 11.4 Å². The van der Waals surface area contributed by atoms with Gasteiger partial charge in [0.05, 0.1) is 29.5 Å². The molecule has 1 aromatic heterocycles. The van der Waals surface area contributed by atoms with Crippen LogP contribution in [0.2, 0.25) is 0 Å². The Hall–Kier alpha value is -2.92. The lowest BCUT2D eigenvalue weighted by atomic mass is 10.2. The first kappa shape index (κ1) is 19.8. The summed E-state index contributed by atoms with van der Waals surface area (Å²) in [5.41, 5.74) is 0.970. The molecule has 0 bridgehead atoms. The largest absolute Gasteiger partial charge is 0.494 e. The number of hydrogen-bond donors (Lipinski definition) is 1. The number of nitrogens with one attached hydrogen (secondary N) is 1. The first-order valence-electron chi connectivity index (χ1n) is 7.81. The number of non-ortho nitro benzene ring substituents is 1. The molecule has 0 unspecified atom stereocenters. The first-order valence-corrected chi connectivity index (χ1v) is 9.58. The van der Waals surface area contributed by atoms with Gasteiger partial charge in [-0.25, -0.2) is 0 Å². The summed E-state index contributed by atoms with van der Waals surface area (Å²) in [5, 5.41) is 21.6. The van der Waals surface area contributed by atoms with Gasteiger partial charge in [-0.1, -0.05) is 27.7 Å². The number of benzene rings is 2. The zero-order valence-corrected chi connectivity index (χ0v) is 16.8. The van der Waals surface area contributed by atoms with Crippen molar-refractivity contribution in [1.82, 2.24) is 10.2 Å². The number of aromatic nitrogens is 2. The zero-order chi connectivity index (χ0) is 20.1. The van der Waals surface area contributed by atoms with E-state index in [1.807, 2.05) is 24.3 Å². The molecule has 0 aliphatic heterocycles. The van der Waals surface area contributed by atoms with Crippen LogP contribution in [0.15, 0.2) is 56.6 Å². The summed E-state index contributed by atoms with van der Waals surface area (Å²) in [5.74, 6) is 0.220. The fourth-order valence-corrected chi connectivity index (χ4v) is 3.02. The highest BCUT2D eigenvalue weighted by molar-refractivity contribution is 9.10. The lowest BCUT2D eigenvalue weighted by Crippen LogP contribution is -2.14. The Morgan fingerprint density at radius 3 is 2.71 bits per heavy atom. The predicted octanol–water partition coefficient (Wildman–Crippen LogP) is 4.15. The molecule has 0 spiro atoms. The highest BCUT2D eigenvalue weighted by Crippen LogP contribution is 2.29. The molecule has 28 heavy (non-hydrogen) atoms. The SMILES string of the molecule is COc1cc([N+](=O)[O-])ccc1NC(=O)CSc1nnc(-c2ccc(Br)cc2)o1. The summed E-state index contributed by atoms with van der Waals surface area (Å²) in [6.45, 7) is 0. The topological polar surface area (TPSA) is 120 Å².